The summed E-state index contributed by atoms with van der Waals surface area (Å²) in [6.07, 6.45) is 1.83. The number of carbonyl (C=O) groups is 2. The molecule has 0 bridgehead atoms. The monoisotopic (exact) mass is 260 g/mol. The Kier molecular flexibility index (Phi) is 9.00. The molecule has 2 amide bonds. The van der Waals surface area contributed by atoms with Gasteiger partial charge in [-0.25, -0.2) is 9.59 Å². The molecule has 1 unspecified atom stereocenters. The van der Waals surface area contributed by atoms with Crippen LogP contribution in [0, 0.1) is 5.92 Å². The van der Waals surface area contributed by atoms with Crippen molar-refractivity contribution in [3.63, 3.8) is 0 Å². The van der Waals surface area contributed by atoms with Crippen LogP contribution >= 0.6 is 0 Å². The summed E-state index contributed by atoms with van der Waals surface area (Å²) in [7, 11) is 1.56. The standard InChI is InChI=1S/C12H24N2O4/c1-9(2)6-7-13-12(17)14-10(11(15)16)5-4-8-18-3/h9-10H,4-8H2,1-3H3,(H,15,16)(H2,13,14,17). The molecule has 18 heavy (non-hydrogen) atoms. The average molecular weight is 260 g/mol. The second-order valence-corrected chi connectivity index (χ2v) is 4.61. The zero-order chi connectivity index (χ0) is 14.0. The molecule has 0 saturated carbocycles. The topological polar surface area (TPSA) is 87.7 Å². The Balaban J connectivity index is 3.92. The van der Waals surface area contributed by atoms with E-state index in [1.807, 2.05) is 0 Å². The van der Waals surface area contributed by atoms with Crippen LogP contribution in [0.5, 0.6) is 0 Å². The number of ether oxygens (including phenoxy) is 1. The minimum Gasteiger partial charge on any atom is -0.480 e. The van der Waals surface area contributed by atoms with Crippen molar-refractivity contribution in [3.05, 3.63) is 0 Å². The lowest BCUT2D eigenvalue weighted by Crippen LogP contribution is -2.46. The van der Waals surface area contributed by atoms with E-state index in [0.29, 0.717) is 31.9 Å². The number of rotatable bonds is 9. The maximum atomic E-state index is 11.5. The maximum Gasteiger partial charge on any atom is 0.326 e. The third kappa shape index (κ3) is 8.81. The van der Waals surface area contributed by atoms with Gasteiger partial charge < -0.3 is 20.5 Å². The molecule has 0 aliphatic rings. The first-order valence-electron chi connectivity index (χ1n) is 6.23. The summed E-state index contributed by atoms with van der Waals surface area (Å²) in [5.41, 5.74) is 0. The van der Waals surface area contributed by atoms with Crippen LogP contribution in [0.1, 0.15) is 33.1 Å². The van der Waals surface area contributed by atoms with Crippen molar-refractivity contribution in [2.45, 2.75) is 39.2 Å². The largest absolute Gasteiger partial charge is 0.480 e. The van der Waals surface area contributed by atoms with E-state index in [-0.39, 0.29) is 0 Å². The van der Waals surface area contributed by atoms with Crippen LogP contribution in [0.25, 0.3) is 0 Å². The number of hydrogen-bond acceptors (Lipinski definition) is 3. The highest BCUT2D eigenvalue weighted by atomic mass is 16.5. The lowest BCUT2D eigenvalue weighted by atomic mass is 10.1. The molecule has 0 radical (unpaired) electrons. The number of urea groups is 1. The molecular formula is C12H24N2O4. The highest BCUT2D eigenvalue weighted by molar-refractivity contribution is 5.82. The van der Waals surface area contributed by atoms with Crippen molar-refractivity contribution < 1.29 is 19.4 Å². The van der Waals surface area contributed by atoms with Crippen molar-refractivity contribution in [2.75, 3.05) is 20.3 Å². The molecule has 1 atom stereocenters. The normalized spacial score (nSPS) is 12.2. The Hall–Kier alpha value is -1.30. The molecule has 0 rings (SSSR count). The van der Waals surface area contributed by atoms with Gasteiger partial charge in [0, 0.05) is 20.3 Å². The highest BCUT2D eigenvalue weighted by Gasteiger charge is 2.18. The van der Waals surface area contributed by atoms with Crippen LogP contribution in [-0.4, -0.2) is 43.4 Å². The number of amides is 2. The van der Waals surface area contributed by atoms with E-state index in [2.05, 4.69) is 24.5 Å². The van der Waals surface area contributed by atoms with Crippen molar-refractivity contribution >= 4 is 12.0 Å². The van der Waals surface area contributed by atoms with Crippen LogP contribution in [0.3, 0.4) is 0 Å². The van der Waals surface area contributed by atoms with E-state index in [0.717, 1.165) is 6.42 Å². The van der Waals surface area contributed by atoms with Crippen LogP contribution in [0.15, 0.2) is 0 Å². The molecule has 0 aliphatic heterocycles. The number of methoxy groups -OCH3 is 1. The van der Waals surface area contributed by atoms with Crippen molar-refractivity contribution in [2.24, 2.45) is 5.92 Å². The summed E-state index contributed by atoms with van der Waals surface area (Å²) in [4.78, 5) is 22.4. The fourth-order valence-electron chi connectivity index (χ4n) is 1.37. The molecule has 0 saturated heterocycles. The Bertz CT molecular complexity index is 256. The SMILES string of the molecule is COCCCC(NC(=O)NCCC(C)C)C(=O)O. The predicted molar refractivity (Wildman–Crippen MR) is 68.5 cm³/mol. The quantitative estimate of drug-likeness (QED) is 0.544. The van der Waals surface area contributed by atoms with Crippen molar-refractivity contribution in [3.8, 4) is 0 Å². The summed E-state index contributed by atoms with van der Waals surface area (Å²) in [6.45, 7) is 5.16. The van der Waals surface area contributed by atoms with E-state index < -0.39 is 18.0 Å². The molecule has 6 nitrogen and oxygen atoms in total. The zero-order valence-electron chi connectivity index (χ0n) is 11.4. The smallest absolute Gasteiger partial charge is 0.326 e. The van der Waals surface area contributed by atoms with Crippen LogP contribution in [0.4, 0.5) is 4.79 Å². The van der Waals surface area contributed by atoms with Gasteiger partial charge in [0.15, 0.2) is 0 Å². The molecule has 106 valence electrons. The number of nitrogens with one attached hydrogen (secondary N) is 2. The molecule has 0 aromatic heterocycles. The van der Waals surface area contributed by atoms with Gasteiger partial charge in [0.25, 0.3) is 0 Å². The van der Waals surface area contributed by atoms with Gasteiger partial charge in [0.05, 0.1) is 0 Å². The van der Waals surface area contributed by atoms with Crippen LogP contribution in [0.2, 0.25) is 0 Å². The third-order valence-electron chi connectivity index (χ3n) is 2.45. The van der Waals surface area contributed by atoms with E-state index in [4.69, 9.17) is 9.84 Å². The first-order valence-corrected chi connectivity index (χ1v) is 6.23. The Labute approximate surface area is 108 Å². The van der Waals surface area contributed by atoms with Gasteiger partial charge >= 0.3 is 12.0 Å². The van der Waals surface area contributed by atoms with E-state index in [1.165, 1.54) is 0 Å². The second kappa shape index (κ2) is 9.70. The number of carbonyl (C=O) groups excluding carboxylic acids is 1. The first kappa shape index (κ1) is 16.7. The average Bonchev–Trinajstić information content (AvgIpc) is 2.27. The summed E-state index contributed by atoms with van der Waals surface area (Å²) < 4.78 is 4.85. The van der Waals surface area contributed by atoms with Crippen LogP contribution in [-0.2, 0) is 9.53 Å². The Morgan fingerprint density at radius 3 is 2.44 bits per heavy atom. The van der Waals surface area contributed by atoms with Gasteiger partial charge in [-0.3, -0.25) is 0 Å². The van der Waals surface area contributed by atoms with Crippen LogP contribution < -0.4 is 10.6 Å². The lowest BCUT2D eigenvalue weighted by molar-refractivity contribution is -0.139. The summed E-state index contributed by atoms with van der Waals surface area (Å²) in [5, 5.41) is 14.0. The molecule has 3 N–H and O–H groups in total. The van der Waals surface area contributed by atoms with Gasteiger partial charge in [-0.05, 0) is 25.2 Å². The van der Waals surface area contributed by atoms with Gasteiger partial charge in [-0.15, -0.1) is 0 Å². The molecular weight excluding hydrogens is 236 g/mol. The minimum absolute atomic E-state index is 0.362. The zero-order valence-corrected chi connectivity index (χ0v) is 11.4. The Morgan fingerprint density at radius 1 is 1.28 bits per heavy atom. The van der Waals surface area contributed by atoms with Gasteiger partial charge in [0.2, 0.25) is 0 Å². The van der Waals surface area contributed by atoms with E-state index in [9.17, 15) is 9.59 Å². The Morgan fingerprint density at radius 2 is 1.94 bits per heavy atom. The summed E-state index contributed by atoms with van der Waals surface area (Å²) >= 11 is 0. The van der Waals surface area contributed by atoms with Gasteiger partial charge in [-0.1, -0.05) is 13.8 Å². The second-order valence-electron chi connectivity index (χ2n) is 4.61. The molecule has 6 heteroatoms. The van der Waals surface area contributed by atoms with E-state index >= 15 is 0 Å². The third-order valence-corrected chi connectivity index (χ3v) is 2.45. The first-order chi connectivity index (χ1) is 8.47. The molecule has 0 aromatic rings. The molecule has 0 aliphatic carbocycles. The van der Waals surface area contributed by atoms with Gasteiger partial charge in [0.1, 0.15) is 6.04 Å². The number of hydrogen-bond donors (Lipinski definition) is 3. The molecule has 0 aromatic carbocycles. The number of aliphatic carboxylic acids is 1. The van der Waals surface area contributed by atoms with Gasteiger partial charge in [-0.2, -0.15) is 0 Å². The molecule has 0 fully saturated rings. The summed E-state index contributed by atoms with van der Waals surface area (Å²) in [5.74, 6) is -0.521. The predicted octanol–water partition coefficient (Wildman–Crippen LogP) is 1.21. The minimum atomic E-state index is -1.02. The number of carboxylic acid groups (broad SMARTS) is 1. The van der Waals surface area contributed by atoms with Crippen molar-refractivity contribution in [1.82, 2.24) is 10.6 Å². The lowest BCUT2D eigenvalue weighted by Gasteiger charge is -2.15. The van der Waals surface area contributed by atoms with E-state index in [1.54, 1.807) is 7.11 Å². The van der Waals surface area contributed by atoms with Crippen molar-refractivity contribution in [1.29, 1.82) is 0 Å². The maximum absolute atomic E-state index is 11.5. The highest BCUT2D eigenvalue weighted by Crippen LogP contribution is 1.99. The number of carboxylic acids is 1. The molecule has 0 spiro atoms. The molecule has 0 heterocycles. The fraction of sp³-hybridized carbons (Fsp3) is 0.833. The fourth-order valence-corrected chi connectivity index (χ4v) is 1.37. The summed E-state index contributed by atoms with van der Waals surface area (Å²) in [6, 6.07) is -1.29.